The highest BCUT2D eigenvalue weighted by Crippen LogP contribution is 2.20. The molecule has 0 atom stereocenters. The quantitative estimate of drug-likeness (QED) is 0.678. The Kier molecular flexibility index (Phi) is 7.32. The molecule has 0 bridgehead atoms. The number of hydrogen-bond donors (Lipinski definition) is 2. The smallest absolute Gasteiger partial charge is 0.314 e. The molecule has 0 aromatic heterocycles. The van der Waals surface area contributed by atoms with E-state index >= 15 is 0 Å². The first-order valence-corrected chi connectivity index (χ1v) is 8.81. The predicted octanol–water partition coefficient (Wildman–Crippen LogP) is 1.86. The van der Waals surface area contributed by atoms with Gasteiger partial charge >= 0.3 is 6.03 Å². The van der Waals surface area contributed by atoms with Gasteiger partial charge in [0.25, 0.3) is 0 Å². The SMILES string of the molecule is COC1=CC=C(C/C(=C/N(C)C2CCN(C(N)=O)CC2)NC=O)C=CC1. The second kappa shape index (κ2) is 9.70. The van der Waals surface area contributed by atoms with Crippen LogP contribution < -0.4 is 11.1 Å². The fourth-order valence-corrected chi connectivity index (χ4v) is 3.19. The molecule has 0 spiro atoms. The Hall–Kier alpha value is -2.70. The van der Waals surface area contributed by atoms with Gasteiger partial charge in [0.1, 0.15) is 0 Å². The molecule has 1 saturated heterocycles. The molecule has 26 heavy (non-hydrogen) atoms. The number of rotatable bonds is 7. The number of piperidine rings is 1. The number of nitrogens with two attached hydrogens (primary N) is 1. The number of primary amides is 1. The van der Waals surface area contributed by atoms with Gasteiger partial charge in [-0.1, -0.05) is 18.2 Å². The van der Waals surface area contributed by atoms with Gasteiger partial charge in [-0.2, -0.15) is 0 Å². The van der Waals surface area contributed by atoms with E-state index in [0.717, 1.165) is 36.3 Å². The van der Waals surface area contributed by atoms with E-state index in [1.807, 2.05) is 31.5 Å². The molecular weight excluding hydrogens is 332 g/mol. The second-order valence-electron chi connectivity index (χ2n) is 6.50. The van der Waals surface area contributed by atoms with E-state index in [2.05, 4.69) is 16.3 Å². The minimum Gasteiger partial charge on any atom is -0.501 e. The van der Waals surface area contributed by atoms with Crippen molar-refractivity contribution >= 4 is 12.4 Å². The van der Waals surface area contributed by atoms with Crippen LogP contribution in [-0.4, -0.2) is 55.5 Å². The van der Waals surface area contributed by atoms with E-state index < -0.39 is 0 Å². The summed E-state index contributed by atoms with van der Waals surface area (Å²) in [4.78, 5) is 26.0. The number of amides is 3. The molecule has 0 saturated carbocycles. The first-order chi connectivity index (χ1) is 12.5. The van der Waals surface area contributed by atoms with Gasteiger partial charge in [0.15, 0.2) is 0 Å². The van der Waals surface area contributed by atoms with Crippen LogP contribution in [0.2, 0.25) is 0 Å². The lowest BCUT2D eigenvalue weighted by Crippen LogP contribution is -2.46. The fourth-order valence-electron chi connectivity index (χ4n) is 3.19. The van der Waals surface area contributed by atoms with Crippen LogP contribution in [0.3, 0.4) is 0 Å². The van der Waals surface area contributed by atoms with Gasteiger partial charge in [0.2, 0.25) is 6.41 Å². The van der Waals surface area contributed by atoms with Gasteiger partial charge in [-0.3, -0.25) is 4.79 Å². The van der Waals surface area contributed by atoms with Crippen molar-refractivity contribution in [2.75, 3.05) is 27.2 Å². The van der Waals surface area contributed by atoms with Crippen molar-refractivity contribution in [1.82, 2.24) is 15.1 Å². The summed E-state index contributed by atoms with van der Waals surface area (Å²) >= 11 is 0. The molecule has 7 nitrogen and oxygen atoms in total. The Labute approximate surface area is 154 Å². The summed E-state index contributed by atoms with van der Waals surface area (Å²) in [6, 6.07) is -0.0479. The molecule has 1 heterocycles. The average Bonchev–Trinajstić information content (AvgIpc) is 2.87. The number of nitrogens with zero attached hydrogens (tertiary/aromatic N) is 2. The van der Waals surface area contributed by atoms with E-state index in [1.165, 1.54) is 0 Å². The maximum absolute atomic E-state index is 11.2. The van der Waals surface area contributed by atoms with Crippen LogP contribution in [0.1, 0.15) is 25.7 Å². The van der Waals surface area contributed by atoms with Crippen molar-refractivity contribution in [1.29, 1.82) is 0 Å². The molecule has 0 aromatic rings. The predicted molar refractivity (Wildman–Crippen MR) is 101 cm³/mol. The molecule has 3 N–H and O–H groups in total. The number of carbonyl (C=O) groups is 2. The minimum absolute atomic E-state index is 0.313. The first kappa shape index (κ1) is 19.6. The molecule has 0 aromatic carbocycles. The summed E-state index contributed by atoms with van der Waals surface area (Å²) in [7, 11) is 3.66. The summed E-state index contributed by atoms with van der Waals surface area (Å²) in [6.07, 6.45) is 13.8. The summed E-state index contributed by atoms with van der Waals surface area (Å²) < 4.78 is 5.28. The highest BCUT2D eigenvalue weighted by molar-refractivity contribution is 5.72. The Balaban J connectivity index is 2.02. The molecule has 1 fully saturated rings. The zero-order valence-electron chi connectivity index (χ0n) is 15.5. The lowest BCUT2D eigenvalue weighted by molar-refractivity contribution is -0.109. The van der Waals surface area contributed by atoms with Crippen molar-refractivity contribution in [3.63, 3.8) is 0 Å². The minimum atomic E-state index is -0.361. The number of likely N-dealkylation sites (tertiary alicyclic amines) is 1. The Morgan fingerprint density at radius 3 is 2.77 bits per heavy atom. The lowest BCUT2D eigenvalue weighted by Gasteiger charge is -2.35. The van der Waals surface area contributed by atoms with Gasteiger partial charge in [0, 0.05) is 50.9 Å². The largest absolute Gasteiger partial charge is 0.501 e. The van der Waals surface area contributed by atoms with Gasteiger partial charge in [-0.05, 0) is 24.5 Å². The van der Waals surface area contributed by atoms with Crippen LogP contribution in [0.25, 0.3) is 0 Å². The van der Waals surface area contributed by atoms with Crippen molar-refractivity contribution in [2.45, 2.75) is 31.7 Å². The fraction of sp³-hybridized carbons (Fsp3) is 0.474. The van der Waals surface area contributed by atoms with Gasteiger partial charge in [-0.15, -0.1) is 0 Å². The Morgan fingerprint density at radius 1 is 1.42 bits per heavy atom. The molecular formula is C19H28N4O3. The topological polar surface area (TPSA) is 87.9 Å². The summed E-state index contributed by atoms with van der Waals surface area (Å²) in [6.45, 7) is 1.32. The molecule has 2 aliphatic rings. The van der Waals surface area contributed by atoms with Crippen molar-refractivity contribution in [3.8, 4) is 0 Å². The number of methoxy groups -OCH3 is 1. The third-order valence-corrected chi connectivity index (χ3v) is 4.75. The molecule has 0 radical (unpaired) electrons. The van der Waals surface area contributed by atoms with E-state index in [1.54, 1.807) is 12.0 Å². The normalized spacial score (nSPS) is 18.5. The zero-order chi connectivity index (χ0) is 18.9. The van der Waals surface area contributed by atoms with Crippen LogP contribution in [-0.2, 0) is 9.53 Å². The van der Waals surface area contributed by atoms with Crippen LogP contribution >= 0.6 is 0 Å². The van der Waals surface area contributed by atoms with Crippen molar-refractivity contribution in [2.24, 2.45) is 5.73 Å². The van der Waals surface area contributed by atoms with Crippen LogP contribution in [0.4, 0.5) is 4.79 Å². The van der Waals surface area contributed by atoms with Gasteiger partial charge in [0.05, 0.1) is 12.9 Å². The molecule has 0 unspecified atom stereocenters. The average molecular weight is 360 g/mol. The third kappa shape index (κ3) is 5.68. The van der Waals surface area contributed by atoms with Crippen molar-refractivity contribution < 1.29 is 14.3 Å². The molecule has 142 valence electrons. The lowest BCUT2D eigenvalue weighted by atomic mass is 10.0. The molecule has 2 rings (SSSR count). The standard InChI is InChI=1S/C19H28N4O3/c1-22(17-8-10-23(11-9-17)19(20)25)13-16(21-14-24)12-15-4-3-5-18(26-2)7-6-15/h3-4,6-7,13-14,17H,5,8-12H2,1-2H3,(H2,20,25)(H,21,24)/b16-13-. The highest BCUT2D eigenvalue weighted by atomic mass is 16.5. The van der Waals surface area contributed by atoms with Crippen LogP contribution in [0, 0.1) is 0 Å². The Bertz CT molecular complexity index is 629. The van der Waals surface area contributed by atoms with E-state index in [-0.39, 0.29) is 6.03 Å². The number of hydrogen-bond acceptors (Lipinski definition) is 4. The number of nitrogens with one attached hydrogen (secondary N) is 1. The van der Waals surface area contributed by atoms with E-state index in [0.29, 0.717) is 32.0 Å². The summed E-state index contributed by atoms with van der Waals surface area (Å²) in [5.41, 5.74) is 7.25. The highest BCUT2D eigenvalue weighted by Gasteiger charge is 2.23. The number of ether oxygens (including phenoxy) is 1. The van der Waals surface area contributed by atoms with Gasteiger partial charge in [-0.25, -0.2) is 4.79 Å². The van der Waals surface area contributed by atoms with Gasteiger partial charge < -0.3 is 25.6 Å². The number of carbonyl (C=O) groups excluding carboxylic acids is 2. The van der Waals surface area contributed by atoms with Crippen LogP contribution in [0.5, 0.6) is 0 Å². The maximum Gasteiger partial charge on any atom is 0.314 e. The number of allylic oxidation sites excluding steroid dienone is 5. The molecule has 7 heteroatoms. The summed E-state index contributed by atoms with van der Waals surface area (Å²) in [5, 5.41) is 2.80. The van der Waals surface area contributed by atoms with Crippen molar-refractivity contribution in [3.05, 3.63) is 47.5 Å². The molecule has 1 aliphatic carbocycles. The second-order valence-corrected chi connectivity index (χ2v) is 6.50. The monoisotopic (exact) mass is 360 g/mol. The maximum atomic E-state index is 11.2. The number of urea groups is 1. The third-order valence-electron chi connectivity index (χ3n) is 4.75. The molecule has 3 amide bonds. The van der Waals surface area contributed by atoms with E-state index in [4.69, 9.17) is 10.5 Å². The Morgan fingerprint density at radius 2 is 2.15 bits per heavy atom. The summed E-state index contributed by atoms with van der Waals surface area (Å²) in [5.74, 6) is 0.906. The van der Waals surface area contributed by atoms with E-state index in [9.17, 15) is 9.59 Å². The van der Waals surface area contributed by atoms with Crippen LogP contribution in [0.15, 0.2) is 47.5 Å². The molecule has 1 aliphatic heterocycles. The first-order valence-electron chi connectivity index (χ1n) is 8.81. The zero-order valence-corrected chi connectivity index (χ0v) is 15.5.